The monoisotopic (exact) mass is 228 g/mol. The van der Waals surface area contributed by atoms with Crippen molar-refractivity contribution >= 4 is 0 Å². The van der Waals surface area contributed by atoms with Crippen LogP contribution in [0.5, 0.6) is 0 Å². The number of hydrogen-bond donors (Lipinski definition) is 1. The van der Waals surface area contributed by atoms with Gasteiger partial charge in [-0.05, 0) is 37.8 Å². The van der Waals surface area contributed by atoms with E-state index in [1.54, 1.807) is 0 Å². The minimum Gasteiger partial charge on any atom is -0.330 e. The third-order valence-corrected chi connectivity index (χ3v) is 3.74. The van der Waals surface area contributed by atoms with Gasteiger partial charge in [0.2, 0.25) is 0 Å². The third kappa shape index (κ3) is 5.31. The molecule has 0 spiro atoms. The van der Waals surface area contributed by atoms with Crippen molar-refractivity contribution in [1.29, 1.82) is 0 Å². The first kappa shape index (κ1) is 15.9. The van der Waals surface area contributed by atoms with Crippen molar-refractivity contribution in [2.24, 2.45) is 17.1 Å². The molecule has 2 heteroatoms. The van der Waals surface area contributed by atoms with Crippen LogP contribution < -0.4 is 5.73 Å². The van der Waals surface area contributed by atoms with Crippen LogP contribution in [0.15, 0.2) is 0 Å². The maximum atomic E-state index is 5.83. The zero-order valence-electron chi connectivity index (χ0n) is 12.2. The minimum atomic E-state index is 0.233. The molecule has 16 heavy (non-hydrogen) atoms. The van der Waals surface area contributed by atoms with Crippen LogP contribution in [0.3, 0.4) is 0 Å². The Morgan fingerprint density at radius 1 is 1.19 bits per heavy atom. The summed E-state index contributed by atoms with van der Waals surface area (Å²) in [6, 6.07) is 0.663. The average Bonchev–Trinajstić information content (AvgIpc) is 2.26. The molecule has 0 amide bonds. The molecule has 0 saturated carbocycles. The van der Waals surface area contributed by atoms with E-state index in [-0.39, 0.29) is 5.41 Å². The van der Waals surface area contributed by atoms with Gasteiger partial charge in [0.05, 0.1) is 0 Å². The Kier molecular flexibility index (Phi) is 7.25. The van der Waals surface area contributed by atoms with Crippen LogP contribution in [0, 0.1) is 11.3 Å². The predicted octanol–water partition coefficient (Wildman–Crippen LogP) is 3.12. The highest BCUT2D eigenvalue weighted by Gasteiger charge is 2.25. The van der Waals surface area contributed by atoms with E-state index in [0.29, 0.717) is 6.04 Å². The van der Waals surface area contributed by atoms with Crippen LogP contribution in [0.1, 0.15) is 54.4 Å². The van der Waals surface area contributed by atoms with Gasteiger partial charge < -0.3 is 5.73 Å². The molecule has 0 aromatic heterocycles. The summed E-state index contributed by atoms with van der Waals surface area (Å²) in [4.78, 5) is 2.61. The summed E-state index contributed by atoms with van der Waals surface area (Å²) < 4.78 is 0. The molecule has 2 atom stereocenters. The van der Waals surface area contributed by atoms with E-state index < -0.39 is 0 Å². The van der Waals surface area contributed by atoms with Crippen LogP contribution in [-0.4, -0.2) is 30.6 Å². The molecule has 0 heterocycles. The lowest BCUT2D eigenvalue weighted by Gasteiger charge is -2.38. The van der Waals surface area contributed by atoms with Crippen molar-refractivity contribution in [2.75, 3.05) is 19.6 Å². The standard InChI is InChI=1S/C14H32N2/c1-7-9-16(11-14(5,6)10-15)13(4)12(3)8-2/h12-13H,7-11,15H2,1-6H3. The van der Waals surface area contributed by atoms with Crippen LogP contribution >= 0.6 is 0 Å². The lowest BCUT2D eigenvalue weighted by atomic mass is 9.90. The van der Waals surface area contributed by atoms with Gasteiger partial charge in [0.1, 0.15) is 0 Å². The number of rotatable bonds is 8. The molecule has 0 radical (unpaired) electrons. The molecule has 2 nitrogen and oxygen atoms in total. The second kappa shape index (κ2) is 7.29. The second-order valence-corrected chi connectivity index (χ2v) is 5.96. The Bertz CT molecular complexity index is 178. The Balaban J connectivity index is 4.48. The van der Waals surface area contributed by atoms with Crippen molar-refractivity contribution in [1.82, 2.24) is 4.90 Å². The van der Waals surface area contributed by atoms with Gasteiger partial charge >= 0.3 is 0 Å². The topological polar surface area (TPSA) is 29.3 Å². The maximum Gasteiger partial charge on any atom is 0.00926 e. The molecule has 0 aliphatic heterocycles. The normalized spacial score (nSPS) is 16.5. The fourth-order valence-corrected chi connectivity index (χ4v) is 2.03. The SMILES string of the molecule is CCCN(CC(C)(C)CN)C(C)C(C)CC. The molecule has 0 aliphatic carbocycles. The molecule has 0 aliphatic rings. The van der Waals surface area contributed by atoms with E-state index >= 15 is 0 Å². The van der Waals surface area contributed by atoms with Crippen molar-refractivity contribution in [2.45, 2.75) is 60.4 Å². The van der Waals surface area contributed by atoms with E-state index in [1.165, 1.54) is 19.4 Å². The quantitative estimate of drug-likeness (QED) is 0.691. The molecule has 2 N–H and O–H groups in total. The zero-order valence-corrected chi connectivity index (χ0v) is 12.2. The van der Waals surface area contributed by atoms with Gasteiger partial charge in [0.15, 0.2) is 0 Å². The van der Waals surface area contributed by atoms with Crippen molar-refractivity contribution < 1.29 is 0 Å². The molecular formula is C14H32N2. The fraction of sp³-hybridized carbons (Fsp3) is 1.00. The van der Waals surface area contributed by atoms with Crippen LogP contribution in [-0.2, 0) is 0 Å². The van der Waals surface area contributed by atoms with Gasteiger partial charge in [-0.15, -0.1) is 0 Å². The fourth-order valence-electron chi connectivity index (χ4n) is 2.03. The molecule has 0 aromatic rings. The van der Waals surface area contributed by atoms with E-state index in [4.69, 9.17) is 5.73 Å². The molecule has 2 unspecified atom stereocenters. The van der Waals surface area contributed by atoms with Crippen molar-refractivity contribution in [3.8, 4) is 0 Å². The van der Waals surface area contributed by atoms with Gasteiger partial charge in [-0.2, -0.15) is 0 Å². The van der Waals surface area contributed by atoms with Crippen molar-refractivity contribution in [3.63, 3.8) is 0 Å². The van der Waals surface area contributed by atoms with E-state index in [0.717, 1.165) is 19.0 Å². The van der Waals surface area contributed by atoms with E-state index in [2.05, 4.69) is 46.4 Å². The summed E-state index contributed by atoms with van der Waals surface area (Å²) in [6.45, 7) is 16.8. The number of nitrogens with two attached hydrogens (primary N) is 1. The number of nitrogens with zero attached hydrogens (tertiary/aromatic N) is 1. The first-order valence-electron chi connectivity index (χ1n) is 6.82. The number of hydrogen-bond acceptors (Lipinski definition) is 2. The van der Waals surface area contributed by atoms with Crippen LogP contribution in [0.4, 0.5) is 0 Å². The lowest BCUT2D eigenvalue weighted by Crippen LogP contribution is -2.45. The summed E-state index contributed by atoms with van der Waals surface area (Å²) in [7, 11) is 0. The summed E-state index contributed by atoms with van der Waals surface area (Å²) in [5.74, 6) is 0.764. The van der Waals surface area contributed by atoms with Gasteiger partial charge in [0, 0.05) is 12.6 Å². The van der Waals surface area contributed by atoms with Crippen LogP contribution in [0.2, 0.25) is 0 Å². The summed E-state index contributed by atoms with van der Waals surface area (Å²) in [5, 5.41) is 0. The summed E-state index contributed by atoms with van der Waals surface area (Å²) in [5.41, 5.74) is 6.07. The van der Waals surface area contributed by atoms with Crippen LogP contribution in [0.25, 0.3) is 0 Å². The zero-order chi connectivity index (χ0) is 12.8. The van der Waals surface area contributed by atoms with Gasteiger partial charge in [-0.1, -0.05) is 41.0 Å². The molecule has 0 aromatic carbocycles. The maximum absolute atomic E-state index is 5.83. The first-order valence-corrected chi connectivity index (χ1v) is 6.82. The first-order chi connectivity index (χ1) is 7.37. The Morgan fingerprint density at radius 2 is 1.75 bits per heavy atom. The molecule has 0 fully saturated rings. The summed E-state index contributed by atoms with van der Waals surface area (Å²) >= 11 is 0. The highest BCUT2D eigenvalue weighted by atomic mass is 15.2. The van der Waals surface area contributed by atoms with Crippen molar-refractivity contribution in [3.05, 3.63) is 0 Å². The average molecular weight is 228 g/mol. The minimum absolute atomic E-state index is 0.233. The second-order valence-electron chi connectivity index (χ2n) is 5.96. The Labute approximate surface area is 103 Å². The lowest BCUT2D eigenvalue weighted by molar-refractivity contribution is 0.108. The Morgan fingerprint density at radius 3 is 2.12 bits per heavy atom. The van der Waals surface area contributed by atoms with Gasteiger partial charge in [-0.25, -0.2) is 0 Å². The van der Waals surface area contributed by atoms with E-state index in [9.17, 15) is 0 Å². The highest BCUT2D eigenvalue weighted by molar-refractivity contribution is 4.79. The smallest absolute Gasteiger partial charge is 0.00926 e. The predicted molar refractivity (Wildman–Crippen MR) is 73.6 cm³/mol. The molecule has 0 bridgehead atoms. The molecule has 98 valence electrons. The molecule has 0 saturated heterocycles. The highest BCUT2D eigenvalue weighted by Crippen LogP contribution is 2.21. The molecule has 0 rings (SSSR count). The van der Waals surface area contributed by atoms with Gasteiger partial charge in [0.25, 0.3) is 0 Å². The third-order valence-electron chi connectivity index (χ3n) is 3.74. The van der Waals surface area contributed by atoms with Gasteiger partial charge in [-0.3, -0.25) is 4.90 Å². The Hall–Kier alpha value is -0.0800. The largest absolute Gasteiger partial charge is 0.330 e. The summed E-state index contributed by atoms with van der Waals surface area (Å²) in [6.07, 6.45) is 2.48. The molecular weight excluding hydrogens is 196 g/mol. The van der Waals surface area contributed by atoms with E-state index in [1.807, 2.05) is 0 Å².